The number of benzene rings is 1. The molecular weight excluding hydrogens is 275 g/mol. The molecule has 4 nitrogen and oxygen atoms in total. The average Bonchev–Trinajstić information content (AvgIpc) is 2.49. The van der Waals surface area contributed by atoms with E-state index in [0.717, 1.165) is 47.4 Å². The van der Waals surface area contributed by atoms with Crippen LogP contribution in [0.3, 0.4) is 0 Å². The van der Waals surface area contributed by atoms with Crippen molar-refractivity contribution in [1.29, 1.82) is 0 Å². The van der Waals surface area contributed by atoms with Crippen LogP contribution in [0.15, 0.2) is 29.4 Å². The minimum Gasteiger partial charge on any atom is -0.340 e. The van der Waals surface area contributed by atoms with E-state index >= 15 is 0 Å². The van der Waals surface area contributed by atoms with Crippen molar-refractivity contribution in [2.24, 2.45) is 0 Å². The first-order chi connectivity index (χ1) is 9.76. The van der Waals surface area contributed by atoms with Crippen molar-refractivity contribution in [3.63, 3.8) is 0 Å². The molecule has 1 aromatic carbocycles. The molecule has 6 heteroatoms. The Hall–Kier alpha value is -1.66. The molecule has 2 N–H and O–H groups in total. The quantitative estimate of drug-likeness (QED) is 0.672. The second-order valence-electron chi connectivity index (χ2n) is 4.54. The third kappa shape index (κ3) is 2.76. The van der Waals surface area contributed by atoms with Gasteiger partial charge in [0.2, 0.25) is 0 Å². The number of thioether (sulfide) groups is 1. The number of aromatic nitrogens is 2. The highest BCUT2D eigenvalue weighted by Gasteiger charge is 2.17. The summed E-state index contributed by atoms with van der Waals surface area (Å²) in [5.41, 5.74) is 3.02. The van der Waals surface area contributed by atoms with E-state index in [1.165, 1.54) is 23.9 Å². The van der Waals surface area contributed by atoms with Gasteiger partial charge in [-0.2, -0.15) is 0 Å². The maximum atomic E-state index is 13.0. The Balaban J connectivity index is 1.96. The molecule has 104 valence electrons. The minimum absolute atomic E-state index is 0.241. The van der Waals surface area contributed by atoms with Crippen LogP contribution in [0.5, 0.6) is 0 Å². The fraction of sp³-hybridized carbons (Fsp3) is 0.286. The molecule has 2 heterocycles. The molecule has 0 unspecified atom stereocenters. The van der Waals surface area contributed by atoms with E-state index in [0.29, 0.717) is 0 Å². The summed E-state index contributed by atoms with van der Waals surface area (Å²) in [7, 11) is 0. The normalized spacial score (nSPS) is 13.9. The maximum absolute atomic E-state index is 13.0. The Bertz CT molecular complexity index is 615. The number of hydrogen-bond donors (Lipinski definition) is 2. The van der Waals surface area contributed by atoms with Gasteiger partial charge in [-0.25, -0.2) is 14.4 Å². The van der Waals surface area contributed by atoms with Crippen molar-refractivity contribution < 1.29 is 4.39 Å². The first kappa shape index (κ1) is 13.3. The first-order valence-corrected chi connectivity index (χ1v) is 7.66. The molecular formula is C14H15FN4S. The van der Waals surface area contributed by atoms with Gasteiger partial charge >= 0.3 is 0 Å². The fourth-order valence-corrected chi connectivity index (χ4v) is 2.59. The third-order valence-corrected chi connectivity index (χ3v) is 3.75. The number of rotatable bonds is 3. The highest BCUT2D eigenvalue weighted by molar-refractivity contribution is 7.98. The molecule has 0 radical (unpaired) electrons. The predicted molar refractivity (Wildman–Crippen MR) is 78.9 cm³/mol. The average molecular weight is 290 g/mol. The van der Waals surface area contributed by atoms with Gasteiger partial charge in [0.25, 0.3) is 0 Å². The highest BCUT2D eigenvalue weighted by atomic mass is 32.2. The first-order valence-electron chi connectivity index (χ1n) is 6.43. The van der Waals surface area contributed by atoms with Crippen molar-refractivity contribution in [2.45, 2.75) is 18.1 Å². The van der Waals surface area contributed by atoms with Crippen LogP contribution in [0.4, 0.5) is 15.9 Å². The zero-order valence-electron chi connectivity index (χ0n) is 11.1. The number of fused-ring (bicyclic) bond motifs is 1. The summed E-state index contributed by atoms with van der Waals surface area (Å²) in [4.78, 5) is 9.08. The van der Waals surface area contributed by atoms with Gasteiger partial charge in [-0.3, -0.25) is 0 Å². The van der Waals surface area contributed by atoms with Crippen molar-refractivity contribution in [1.82, 2.24) is 15.3 Å². The molecule has 2 aromatic rings. The van der Waals surface area contributed by atoms with Gasteiger partial charge in [-0.05, 0) is 43.5 Å². The van der Waals surface area contributed by atoms with Gasteiger partial charge in [0, 0.05) is 17.8 Å². The van der Waals surface area contributed by atoms with Crippen LogP contribution >= 0.6 is 11.8 Å². The lowest BCUT2D eigenvalue weighted by molar-refractivity contribution is 0.615. The molecule has 0 saturated heterocycles. The van der Waals surface area contributed by atoms with Crippen LogP contribution in [0, 0.1) is 5.82 Å². The largest absolute Gasteiger partial charge is 0.340 e. The summed E-state index contributed by atoms with van der Waals surface area (Å²) in [6, 6.07) is 6.30. The highest BCUT2D eigenvalue weighted by Crippen LogP contribution is 2.26. The summed E-state index contributed by atoms with van der Waals surface area (Å²) in [5, 5.41) is 7.34. The second-order valence-corrected chi connectivity index (χ2v) is 5.32. The van der Waals surface area contributed by atoms with E-state index in [1.807, 2.05) is 6.26 Å². The lowest BCUT2D eigenvalue weighted by atomic mass is 10.1. The van der Waals surface area contributed by atoms with Crippen LogP contribution in [-0.4, -0.2) is 22.8 Å². The zero-order chi connectivity index (χ0) is 13.9. The maximum Gasteiger partial charge on any atom is 0.189 e. The Labute approximate surface area is 121 Å². The lowest BCUT2D eigenvalue weighted by Gasteiger charge is -2.20. The molecule has 3 rings (SSSR count). The summed E-state index contributed by atoms with van der Waals surface area (Å²) in [5.74, 6) is 0.585. The fourth-order valence-electron chi connectivity index (χ4n) is 2.20. The number of anilines is 2. The van der Waals surface area contributed by atoms with Crippen molar-refractivity contribution >= 4 is 23.3 Å². The molecule has 20 heavy (non-hydrogen) atoms. The van der Waals surface area contributed by atoms with Crippen molar-refractivity contribution in [3.8, 4) is 0 Å². The van der Waals surface area contributed by atoms with Gasteiger partial charge in [0.15, 0.2) is 5.16 Å². The van der Waals surface area contributed by atoms with E-state index in [9.17, 15) is 4.39 Å². The minimum atomic E-state index is -0.241. The van der Waals surface area contributed by atoms with E-state index in [1.54, 1.807) is 12.1 Å². The van der Waals surface area contributed by atoms with Crippen LogP contribution in [0.1, 0.15) is 11.3 Å². The van der Waals surface area contributed by atoms with Crippen molar-refractivity contribution in [3.05, 3.63) is 41.3 Å². The summed E-state index contributed by atoms with van der Waals surface area (Å²) in [6.07, 6.45) is 2.85. The number of nitrogens with one attached hydrogen (secondary N) is 2. The van der Waals surface area contributed by atoms with Gasteiger partial charge in [0.05, 0.1) is 5.69 Å². The van der Waals surface area contributed by atoms with E-state index in [2.05, 4.69) is 20.6 Å². The van der Waals surface area contributed by atoms with E-state index < -0.39 is 0 Å². The topological polar surface area (TPSA) is 49.8 Å². The molecule has 1 aliphatic rings. The van der Waals surface area contributed by atoms with E-state index in [-0.39, 0.29) is 5.82 Å². The Kier molecular flexibility index (Phi) is 3.84. The Morgan fingerprint density at radius 3 is 2.80 bits per heavy atom. The molecule has 1 aliphatic heterocycles. The van der Waals surface area contributed by atoms with Gasteiger partial charge in [-0.1, -0.05) is 11.8 Å². The smallest absolute Gasteiger partial charge is 0.189 e. The summed E-state index contributed by atoms with van der Waals surface area (Å²) in [6.45, 7) is 1.69. The summed E-state index contributed by atoms with van der Waals surface area (Å²) >= 11 is 1.52. The monoisotopic (exact) mass is 290 g/mol. The molecule has 0 atom stereocenters. The summed E-state index contributed by atoms with van der Waals surface area (Å²) < 4.78 is 13.0. The zero-order valence-corrected chi connectivity index (χ0v) is 11.9. The molecule has 0 spiro atoms. The SMILES string of the molecule is CSc1nc2c(c(Nc3ccc(F)cc3)n1)CCNC2. The number of hydrogen-bond acceptors (Lipinski definition) is 5. The molecule has 0 saturated carbocycles. The van der Waals surface area contributed by atoms with Crippen LogP contribution in [0.25, 0.3) is 0 Å². The number of nitrogens with zero attached hydrogens (tertiary/aromatic N) is 2. The molecule has 1 aromatic heterocycles. The lowest BCUT2D eigenvalue weighted by Crippen LogP contribution is -2.26. The van der Waals surface area contributed by atoms with Gasteiger partial charge in [-0.15, -0.1) is 0 Å². The van der Waals surface area contributed by atoms with Crippen molar-refractivity contribution in [2.75, 3.05) is 18.1 Å². The standard InChI is InChI=1S/C14H15FN4S/c1-20-14-18-12-8-16-7-6-11(12)13(19-14)17-10-4-2-9(15)3-5-10/h2-5,16H,6-8H2,1H3,(H,17,18,19). The predicted octanol–water partition coefficient (Wildman–Crippen LogP) is 2.73. The third-order valence-electron chi connectivity index (χ3n) is 3.21. The number of halogens is 1. The molecule has 0 bridgehead atoms. The van der Waals surface area contributed by atoms with Crippen LogP contribution < -0.4 is 10.6 Å². The molecule has 0 aliphatic carbocycles. The molecule has 0 fully saturated rings. The Morgan fingerprint density at radius 2 is 2.05 bits per heavy atom. The van der Waals surface area contributed by atoms with Gasteiger partial charge in [0.1, 0.15) is 11.6 Å². The van der Waals surface area contributed by atoms with Crippen LogP contribution in [0.2, 0.25) is 0 Å². The molecule has 0 amide bonds. The Morgan fingerprint density at radius 1 is 1.25 bits per heavy atom. The van der Waals surface area contributed by atoms with Gasteiger partial charge < -0.3 is 10.6 Å². The second kappa shape index (κ2) is 5.76. The van der Waals surface area contributed by atoms with Crippen LogP contribution in [-0.2, 0) is 13.0 Å². The van der Waals surface area contributed by atoms with E-state index in [4.69, 9.17) is 0 Å².